The lowest BCUT2D eigenvalue weighted by atomic mass is 9.91. The van der Waals surface area contributed by atoms with Gasteiger partial charge in [0.05, 0.1) is 5.69 Å². The van der Waals surface area contributed by atoms with Crippen molar-refractivity contribution in [2.24, 2.45) is 0 Å². The van der Waals surface area contributed by atoms with Gasteiger partial charge in [-0.25, -0.2) is 0 Å². The summed E-state index contributed by atoms with van der Waals surface area (Å²) >= 11 is 1.87. The summed E-state index contributed by atoms with van der Waals surface area (Å²) in [4.78, 5) is 2.45. The van der Waals surface area contributed by atoms with Crippen molar-refractivity contribution in [3.8, 4) is 33.4 Å². The van der Waals surface area contributed by atoms with Crippen LogP contribution in [0.2, 0.25) is 0 Å². The Morgan fingerprint density at radius 3 is 1.65 bits per heavy atom. The zero-order valence-electron chi connectivity index (χ0n) is 29.8. The van der Waals surface area contributed by atoms with Gasteiger partial charge in [0.2, 0.25) is 0 Å². The summed E-state index contributed by atoms with van der Waals surface area (Å²) in [5, 5.41) is 7.06. The number of hydrogen-bond donors (Lipinski definition) is 0. The van der Waals surface area contributed by atoms with E-state index in [2.05, 4.69) is 205 Å². The molecule has 55 heavy (non-hydrogen) atoms. The standard InChI is InChI=1S/C52H33NOS/c1-3-14-34(15-4-1)35-26-30-38(31-27-35)53(39-32-28-36(29-33-39)40-22-13-23-44-41-18-10-12-25-47(41)55-52(40)44)50-42-19-7-8-20-43(42)51-49(45-21-9-11-24-46(45)54-51)48(50)37-16-5-2-6-17-37/h1-33H. The Balaban J connectivity index is 1.19. The largest absolute Gasteiger partial charge is 0.455 e. The molecule has 3 heteroatoms. The fourth-order valence-corrected chi connectivity index (χ4v) is 9.59. The first-order valence-corrected chi connectivity index (χ1v) is 19.5. The fourth-order valence-electron chi connectivity index (χ4n) is 8.35. The van der Waals surface area contributed by atoms with Gasteiger partial charge in [-0.3, -0.25) is 0 Å². The van der Waals surface area contributed by atoms with E-state index < -0.39 is 0 Å². The van der Waals surface area contributed by atoms with Crippen LogP contribution in [0.3, 0.4) is 0 Å². The zero-order chi connectivity index (χ0) is 36.3. The second-order valence-electron chi connectivity index (χ2n) is 14.0. The van der Waals surface area contributed by atoms with E-state index in [1.807, 2.05) is 11.3 Å². The molecule has 9 aromatic carbocycles. The van der Waals surface area contributed by atoms with E-state index in [4.69, 9.17) is 4.42 Å². The molecule has 2 heterocycles. The van der Waals surface area contributed by atoms with Crippen molar-refractivity contribution in [1.82, 2.24) is 0 Å². The molecule has 0 aliphatic rings. The molecular weight excluding hydrogens is 687 g/mol. The lowest BCUT2D eigenvalue weighted by Crippen LogP contribution is -2.12. The SMILES string of the molecule is c1ccc(-c2ccc(N(c3ccc(-c4cccc5c4sc4ccccc45)cc3)c3c(-c4ccccc4)c4c5ccccc5oc4c4ccccc34)cc2)cc1. The molecule has 2 nitrogen and oxygen atoms in total. The van der Waals surface area contributed by atoms with Crippen LogP contribution in [0, 0.1) is 0 Å². The maximum absolute atomic E-state index is 6.74. The number of nitrogens with zero attached hydrogens (tertiary/aromatic N) is 1. The van der Waals surface area contributed by atoms with Gasteiger partial charge in [0, 0.05) is 58.7 Å². The van der Waals surface area contributed by atoms with Crippen LogP contribution in [0.4, 0.5) is 17.1 Å². The van der Waals surface area contributed by atoms with E-state index >= 15 is 0 Å². The number of fused-ring (bicyclic) bond motifs is 8. The molecular formula is C52H33NOS. The van der Waals surface area contributed by atoms with Crippen LogP contribution in [0.25, 0.3) is 86.3 Å². The summed E-state index contributed by atoms with van der Waals surface area (Å²) in [6.45, 7) is 0. The third kappa shape index (κ3) is 5.16. The number of rotatable bonds is 6. The average molecular weight is 720 g/mol. The number of anilines is 3. The number of thiophene rings is 1. The van der Waals surface area contributed by atoms with Crippen LogP contribution in [-0.2, 0) is 0 Å². The first kappa shape index (κ1) is 31.6. The van der Waals surface area contributed by atoms with E-state index in [0.717, 1.165) is 60.9 Å². The van der Waals surface area contributed by atoms with Gasteiger partial charge in [0.15, 0.2) is 0 Å². The molecule has 258 valence electrons. The van der Waals surface area contributed by atoms with Gasteiger partial charge in [-0.05, 0) is 64.2 Å². The number of hydrogen-bond acceptors (Lipinski definition) is 3. The van der Waals surface area contributed by atoms with Crippen molar-refractivity contribution in [1.29, 1.82) is 0 Å². The van der Waals surface area contributed by atoms with Crippen LogP contribution in [-0.4, -0.2) is 0 Å². The molecule has 0 aliphatic carbocycles. The highest BCUT2D eigenvalue weighted by Gasteiger charge is 2.26. The van der Waals surface area contributed by atoms with E-state index in [-0.39, 0.29) is 0 Å². The highest BCUT2D eigenvalue weighted by Crippen LogP contribution is 2.52. The van der Waals surface area contributed by atoms with E-state index in [0.29, 0.717) is 0 Å². The molecule has 11 aromatic rings. The van der Waals surface area contributed by atoms with E-state index in [1.54, 1.807) is 0 Å². The number of furan rings is 1. The molecule has 0 saturated carbocycles. The van der Waals surface area contributed by atoms with Crippen molar-refractivity contribution in [2.75, 3.05) is 4.90 Å². The molecule has 0 spiro atoms. The van der Waals surface area contributed by atoms with E-state index in [1.165, 1.54) is 42.4 Å². The van der Waals surface area contributed by atoms with Crippen LogP contribution >= 0.6 is 11.3 Å². The molecule has 0 fully saturated rings. The molecule has 0 bridgehead atoms. The second-order valence-corrected chi connectivity index (χ2v) is 15.1. The molecule has 11 rings (SSSR count). The highest BCUT2D eigenvalue weighted by molar-refractivity contribution is 7.26. The maximum atomic E-state index is 6.74. The molecule has 0 unspecified atom stereocenters. The van der Waals surface area contributed by atoms with Gasteiger partial charge in [0.25, 0.3) is 0 Å². The summed E-state index contributed by atoms with van der Waals surface area (Å²) in [5.74, 6) is 0. The molecule has 0 amide bonds. The Kier molecular flexibility index (Phi) is 7.39. The lowest BCUT2D eigenvalue weighted by molar-refractivity contribution is 0.673. The Morgan fingerprint density at radius 1 is 0.382 bits per heavy atom. The summed E-state index contributed by atoms with van der Waals surface area (Å²) < 4.78 is 9.38. The van der Waals surface area contributed by atoms with Crippen LogP contribution in [0.15, 0.2) is 205 Å². The lowest BCUT2D eigenvalue weighted by Gasteiger charge is -2.30. The number of benzene rings is 9. The van der Waals surface area contributed by atoms with Gasteiger partial charge < -0.3 is 9.32 Å². The molecule has 0 aliphatic heterocycles. The van der Waals surface area contributed by atoms with Gasteiger partial charge in [-0.15, -0.1) is 11.3 Å². The van der Waals surface area contributed by atoms with Gasteiger partial charge >= 0.3 is 0 Å². The summed E-state index contributed by atoms with van der Waals surface area (Å²) in [6.07, 6.45) is 0. The zero-order valence-corrected chi connectivity index (χ0v) is 30.6. The second kappa shape index (κ2) is 12.9. The van der Waals surface area contributed by atoms with Crippen molar-refractivity contribution in [3.63, 3.8) is 0 Å². The van der Waals surface area contributed by atoms with Crippen molar-refractivity contribution in [3.05, 3.63) is 200 Å². The van der Waals surface area contributed by atoms with Crippen LogP contribution < -0.4 is 4.90 Å². The summed E-state index contributed by atoms with van der Waals surface area (Å²) in [7, 11) is 0. The Hall–Kier alpha value is -6.94. The third-order valence-corrected chi connectivity index (χ3v) is 12.1. The minimum atomic E-state index is 0.885. The van der Waals surface area contributed by atoms with Crippen molar-refractivity contribution >= 4 is 81.3 Å². The third-order valence-electron chi connectivity index (χ3n) is 10.9. The first-order chi connectivity index (χ1) is 27.3. The van der Waals surface area contributed by atoms with Crippen LogP contribution in [0.5, 0.6) is 0 Å². The molecule has 0 saturated heterocycles. The van der Waals surface area contributed by atoms with Gasteiger partial charge in [0.1, 0.15) is 11.2 Å². The Morgan fingerprint density at radius 2 is 0.927 bits per heavy atom. The smallest absolute Gasteiger partial charge is 0.144 e. The Labute approximate surface area is 322 Å². The summed E-state index contributed by atoms with van der Waals surface area (Å²) in [6, 6.07) is 72.1. The Bertz CT molecular complexity index is 3180. The maximum Gasteiger partial charge on any atom is 0.144 e. The average Bonchev–Trinajstić information content (AvgIpc) is 3.84. The molecule has 0 atom stereocenters. The molecule has 0 radical (unpaired) electrons. The van der Waals surface area contributed by atoms with Crippen molar-refractivity contribution < 1.29 is 4.42 Å². The molecule has 2 aromatic heterocycles. The number of para-hydroxylation sites is 1. The topological polar surface area (TPSA) is 16.4 Å². The van der Waals surface area contributed by atoms with Gasteiger partial charge in [-0.2, -0.15) is 0 Å². The summed E-state index contributed by atoms with van der Waals surface area (Å²) in [5.41, 5.74) is 12.2. The quantitative estimate of drug-likeness (QED) is 0.170. The van der Waals surface area contributed by atoms with Crippen LogP contribution in [0.1, 0.15) is 0 Å². The monoisotopic (exact) mass is 719 g/mol. The molecule has 0 N–H and O–H groups in total. The first-order valence-electron chi connectivity index (χ1n) is 18.7. The van der Waals surface area contributed by atoms with Crippen molar-refractivity contribution in [2.45, 2.75) is 0 Å². The van der Waals surface area contributed by atoms with E-state index in [9.17, 15) is 0 Å². The van der Waals surface area contributed by atoms with Gasteiger partial charge in [-0.1, -0.05) is 164 Å². The predicted molar refractivity (Wildman–Crippen MR) is 235 cm³/mol. The minimum Gasteiger partial charge on any atom is -0.455 e. The normalized spacial score (nSPS) is 11.6. The fraction of sp³-hybridized carbons (Fsp3) is 0. The highest BCUT2D eigenvalue weighted by atomic mass is 32.1. The minimum absolute atomic E-state index is 0.885. The predicted octanol–water partition coefficient (Wildman–Crippen LogP) is 15.6.